The van der Waals surface area contributed by atoms with Crippen LogP contribution in [0.25, 0.3) is 21.3 Å². The number of primary amides is 1. The second-order valence-electron chi connectivity index (χ2n) is 5.94. The lowest BCUT2D eigenvalue weighted by Crippen LogP contribution is -2.18. The van der Waals surface area contributed by atoms with Gasteiger partial charge in [0.05, 0.1) is 17.3 Å². The first-order valence-corrected chi connectivity index (χ1v) is 8.85. The smallest absolute Gasteiger partial charge is 0.239 e. The van der Waals surface area contributed by atoms with Crippen LogP contribution in [0, 0.1) is 6.92 Å². The lowest BCUT2D eigenvalue weighted by molar-refractivity contribution is -0.118. The van der Waals surface area contributed by atoms with Crippen LogP contribution in [0.1, 0.15) is 5.56 Å². The number of carbonyl (C=O) groups excluding carboxylic acids is 1. The van der Waals surface area contributed by atoms with Crippen molar-refractivity contribution in [3.63, 3.8) is 0 Å². The molecule has 0 aliphatic rings. The van der Waals surface area contributed by atoms with Crippen molar-refractivity contribution in [2.45, 2.75) is 13.5 Å². The Morgan fingerprint density at radius 1 is 1.27 bits per heavy atom. The molecular weight excluding hydrogens is 348 g/mol. The lowest BCUT2D eigenvalue weighted by Gasteiger charge is -2.07. The van der Waals surface area contributed by atoms with E-state index in [1.165, 1.54) is 16.6 Å². The first-order valence-electron chi connectivity index (χ1n) is 7.97. The molecule has 0 spiro atoms. The van der Waals surface area contributed by atoms with Crippen molar-refractivity contribution in [3.8, 4) is 11.1 Å². The number of thiophene rings is 1. The van der Waals surface area contributed by atoms with Gasteiger partial charge < -0.3 is 11.1 Å². The van der Waals surface area contributed by atoms with Crippen LogP contribution in [0.3, 0.4) is 0 Å². The average Bonchev–Trinajstić information content (AvgIpc) is 3.23. The van der Waals surface area contributed by atoms with E-state index in [0.717, 1.165) is 27.0 Å². The summed E-state index contributed by atoms with van der Waals surface area (Å²) >= 11 is 1.58. The maximum atomic E-state index is 11.0. The number of rotatable bonds is 5. The van der Waals surface area contributed by atoms with Gasteiger partial charge in [-0.05, 0) is 12.5 Å². The molecule has 0 saturated carbocycles. The van der Waals surface area contributed by atoms with E-state index in [0.29, 0.717) is 5.82 Å². The number of fused-ring (bicyclic) bond motifs is 1. The minimum atomic E-state index is -0.441. The molecule has 4 aromatic rings. The molecule has 0 radical (unpaired) electrons. The zero-order chi connectivity index (χ0) is 18.1. The zero-order valence-corrected chi connectivity index (χ0v) is 14.8. The molecule has 0 aliphatic heterocycles. The summed E-state index contributed by atoms with van der Waals surface area (Å²) in [5, 5.41) is 10.4. The minimum Gasteiger partial charge on any atom is -0.368 e. The number of benzene rings is 1. The lowest BCUT2D eigenvalue weighted by atomic mass is 10.0. The van der Waals surface area contributed by atoms with E-state index in [2.05, 4.69) is 57.0 Å². The van der Waals surface area contributed by atoms with Crippen LogP contribution in [-0.4, -0.2) is 25.7 Å². The molecule has 0 atom stereocenters. The topological polar surface area (TPSA) is 98.7 Å². The van der Waals surface area contributed by atoms with Gasteiger partial charge >= 0.3 is 0 Å². The molecule has 7 nitrogen and oxygen atoms in total. The van der Waals surface area contributed by atoms with Gasteiger partial charge in [-0.15, -0.1) is 11.3 Å². The summed E-state index contributed by atoms with van der Waals surface area (Å²) in [6.07, 6.45) is 4.89. The van der Waals surface area contributed by atoms with Gasteiger partial charge in [0, 0.05) is 17.1 Å². The van der Waals surface area contributed by atoms with Gasteiger partial charge in [-0.3, -0.25) is 9.48 Å². The summed E-state index contributed by atoms with van der Waals surface area (Å²) in [4.78, 5) is 20.7. The van der Waals surface area contributed by atoms with Crippen LogP contribution >= 0.6 is 11.3 Å². The van der Waals surface area contributed by atoms with Crippen molar-refractivity contribution >= 4 is 39.0 Å². The molecule has 0 unspecified atom stereocenters. The number of carbonyl (C=O) groups is 1. The van der Waals surface area contributed by atoms with E-state index in [4.69, 9.17) is 5.73 Å². The Labute approximate surface area is 153 Å². The van der Waals surface area contributed by atoms with E-state index >= 15 is 0 Å². The van der Waals surface area contributed by atoms with Gasteiger partial charge in [0.15, 0.2) is 0 Å². The second-order valence-corrected chi connectivity index (χ2v) is 6.79. The highest BCUT2D eigenvalue weighted by molar-refractivity contribution is 7.17. The first-order chi connectivity index (χ1) is 12.6. The summed E-state index contributed by atoms with van der Waals surface area (Å²) in [7, 11) is 0. The van der Waals surface area contributed by atoms with Gasteiger partial charge in [0.25, 0.3) is 0 Å². The van der Waals surface area contributed by atoms with Crippen molar-refractivity contribution in [3.05, 3.63) is 53.9 Å². The molecule has 3 aromatic heterocycles. The van der Waals surface area contributed by atoms with E-state index in [-0.39, 0.29) is 6.54 Å². The third-order valence-electron chi connectivity index (χ3n) is 3.95. The van der Waals surface area contributed by atoms with E-state index in [1.54, 1.807) is 23.7 Å². The van der Waals surface area contributed by atoms with Gasteiger partial charge in [0.1, 0.15) is 23.5 Å². The SMILES string of the molecule is Cc1ccc(-c2csc3ncnc(Nc4cnn(CC(N)=O)c4)c23)cc1. The first kappa shape index (κ1) is 16.2. The number of aryl methyl sites for hydroxylation is 1. The van der Waals surface area contributed by atoms with Crippen LogP contribution in [-0.2, 0) is 11.3 Å². The van der Waals surface area contributed by atoms with Gasteiger partial charge in [-0.1, -0.05) is 29.8 Å². The summed E-state index contributed by atoms with van der Waals surface area (Å²) in [6, 6.07) is 8.37. The van der Waals surface area contributed by atoms with Crippen molar-refractivity contribution in [2.75, 3.05) is 5.32 Å². The van der Waals surface area contributed by atoms with Crippen LogP contribution in [0.5, 0.6) is 0 Å². The molecular formula is C18H16N6OS. The predicted molar refractivity (Wildman–Crippen MR) is 102 cm³/mol. The minimum absolute atomic E-state index is 0.0356. The fourth-order valence-corrected chi connectivity index (χ4v) is 3.64. The monoisotopic (exact) mass is 364 g/mol. The van der Waals surface area contributed by atoms with E-state index in [9.17, 15) is 4.79 Å². The van der Waals surface area contributed by atoms with Crippen LogP contribution in [0.4, 0.5) is 11.5 Å². The normalized spacial score (nSPS) is 11.0. The third kappa shape index (κ3) is 3.14. The molecule has 3 heterocycles. The number of amides is 1. The van der Waals surface area contributed by atoms with Gasteiger partial charge in [-0.25, -0.2) is 9.97 Å². The highest BCUT2D eigenvalue weighted by atomic mass is 32.1. The number of nitrogens with zero attached hydrogens (tertiary/aromatic N) is 4. The summed E-state index contributed by atoms with van der Waals surface area (Å²) in [5.41, 5.74) is 9.34. The molecule has 130 valence electrons. The molecule has 0 saturated heterocycles. The maximum Gasteiger partial charge on any atom is 0.239 e. The van der Waals surface area contributed by atoms with Crippen LogP contribution < -0.4 is 11.1 Å². The summed E-state index contributed by atoms with van der Waals surface area (Å²) < 4.78 is 1.48. The molecule has 0 fully saturated rings. The van der Waals surface area contributed by atoms with E-state index in [1.807, 2.05) is 0 Å². The molecule has 1 aromatic carbocycles. The molecule has 1 amide bonds. The maximum absolute atomic E-state index is 11.0. The zero-order valence-electron chi connectivity index (χ0n) is 14.0. The Bertz CT molecular complexity index is 1080. The summed E-state index contributed by atoms with van der Waals surface area (Å²) in [6.45, 7) is 2.10. The predicted octanol–water partition coefficient (Wildman–Crippen LogP) is 3.09. The molecule has 4 rings (SSSR count). The molecule has 3 N–H and O–H groups in total. The highest BCUT2D eigenvalue weighted by Gasteiger charge is 2.14. The van der Waals surface area contributed by atoms with E-state index < -0.39 is 5.91 Å². The van der Waals surface area contributed by atoms with Crippen molar-refractivity contribution in [1.82, 2.24) is 19.7 Å². The Kier molecular flexibility index (Phi) is 4.10. The molecule has 26 heavy (non-hydrogen) atoms. The fraction of sp³-hybridized carbons (Fsp3) is 0.111. The summed E-state index contributed by atoms with van der Waals surface area (Å²) in [5.74, 6) is 0.258. The number of anilines is 2. The second kappa shape index (κ2) is 6.57. The standard InChI is InChI=1S/C18H16N6OS/c1-11-2-4-12(5-3-11)14-9-26-18-16(14)17(20-10-21-18)23-13-6-22-24(7-13)8-15(19)25/h2-7,9-10H,8H2,1H3,(H2,19,25)(H,20,21,23). The largest absolute Gasteiger partial charge is 0.368 e. The number of aromatic nitrogens is 4. The Balaban J connectivity index is 1.73. The Hall–Kier alpha value is -3.26. The number of hydrogen-bond donors (Lipinski definition) is 2. The quantitative estimate of drug-likeness (QED) is 0.567. The highest BCUT2D eigenvalue weighted by Crippen LogP contribution is 2.37. The number of nitrogens with one attached hydrogen (secondary N) is 1. The Morgan fingerprint density at radius 3 is 2.85 bits per heavy atom. The number of hydrogen-bond acceptors (Lipinski definition) is 6. The average molecular weight is 364 g/mol. The van der Waals surface area contributed by atoms with Crippen LogP contribution in [0.2, 0.25) is 0 Å². The van der Waals surface area contributed by atoms with Crippen molar-refractivity contribution in [1.29, 1.82) is 0 Å². The van der Waals surface area contributed by atoms with Crippen molar-refractivity contribution < 1.29 is 4.79 Å². The molecule has 8 heteroatoms. The molecule has 0 bridgehead atoms. The molecule has 0 aliphatic carbocycles. The number of nitrogens with two attached hydrogens (primary N) is 1. The van der Waals surface area contributed by atoms with Crippen molar-refractivity contribution in [2.24, 2.45) is 5.73 Å². The van der Waals surface area contributed by atoms with Crippen LogP contribution in [0.15, 0.2) is 48.4 Å². The fourth-order valence-electron chi connectivity index (χ4n) is 2.73. The third-order valence-corrected chi connectivity index (χ3v) is 4.83. The van der Waals surface area contributed by atoms with Gasteiger partial charge in [0.2, 0.25) is 5.91 Å². The Morgan fingerprint density at radius 2 is 2.08 bits per heavy atom. The van der Waals surface area contributed by atoms with Gasteiger partial charge in [-0.2, -0.15) is 5.10 Å².